The van der Waals surface area contributed by atoms with Gasteiger partial charge in [-0.15, -0.1) is 0 Å². The van der Waals surface area contributed by atoms with Crippen LogP contribution in [0, 0.1) is 11.6 Å². The maximum atomic E-state index is 13.7. The van der Waals surface area contributed by atoms with E-state index < -0.39 is 23.6 Å². The number of nitrogens with zero attached hydrogens (tertiary/aromatic N) is 2. The maximum Gasteiger partial charge on any atom is 0.267 e. The quantitative estimate of drug-likeness (QED) is 0.922. The van der Waals surface area contributed by atoms with Crippen molar-refractivity contribution in [3.8, 4) is 0 Å². The minimum atomic E-state index is -0.922. The Kier molecular flexibility index (Phi) is 4.92. The fraction of sp³-hybridized carbons (Fsp3) is 0.389. The molecule has 5 nitrogen and oxygen atoms in total. The molecule has 1 atom stereocenters. The van der Waals surface area contributed by atoms with Crippen molar-refractivity contribution in [3.63, 3.8) is 0 Å². The molecule has 0 bridgehead atoms. The molecule has 1 aliphatic rings. The van der Waals surface area contributed by atoms with Crippen LogP contribution in [0.5, 0.6) is 0 Å². The number of benzene rings is 1. The van der Waals surface area contributed by atoms with Crippen LogP contribution in [0.4, 0.5) is 8.78 Å². The topological polar surface area (TPSA) is 64.0 Å². The van der Waals surface area contributed by atoms with Gasteiger partial charge in [-0.05, 0) is 50.3 Å². The molecule has 2 aromatic rings. The first-order chi connectivity index (χ1) is 11.9. The predicted molar refractivity (Wildman–Crippen MR) is 88.4 cm³/mol. The molecular formula is C18H19F2N3O2. The van der Waals surface area contributed by atoms with Crippen molar-refractivity contribution in [1.29, 1.82) is 0 Å². The van der Waals surface area contributed by atoms with Gasteiger partial charge in [-0.1, -0.05) is 0 Å². The zero-order valence-corrected chi connectivity index (χ0v) is 13.9. The molecule has 3 rings (SSSR count). The summed E-state index contributed by atoms with van der Waals surface area (Å²) in [4.78, 5) is 24.3. The number of fused-ring (bicyclic) bond motifs is 1. The van der Waals surface area contributed by atoms with Crippen LogP contribution < -0.4 is 10.9 Å². The van der Waals surface area contributed by atoms with Crippen molar-refractivity contribution in [3.05, 3.63) is 63.1 Å². The number of halogens is 2. The highest BCUT2D eigenvalue weighted by molar-refractivity contribution is 5.94. The van der Waals surface area contributed by atoms with Gasteiger partial charge in [0, 0.05) is 18.2 Å². The molecule has 0 spiro atoms. The Morgan fingerprint density at radius 2 is 2.04 bits per heavy atom. The zero-order chi connectivity index (χ0) is 18.0. The molecule has 0 saturated heterocycles. The van der Waals surface area contributed by atoms with Gasteiger partial charge in [0.15, 0.2) is 0 Å². The molecule has 1 amide bonds. The summed E-state index contributed by atoms with van der Waals surface area (Å²) in [5.41, 5.74) is 1.47. The molecular weight excluding hydrogens is 328 g/mol. The second-order valence-corrected chi connectivity index (χ2v) is 6.34. The largest absolute Gasteiger partial charge is 0.348 e. The lowest BCUT2D eigenvalue weighted by Gasteiger charge is -2.18. The number of aryl methyl sites for hydroxylation is 2. The Balaban J connectivity index is 1.71. The van der Waals surface area contributed by atoms with E-state index in [4.69, 9.17) is 0 Å². The second-order valence-electron chi connectivity index (χ2n) is 6.34. The minimum absolute atomic E-state index is 0.181. The summed E-state index contributed by atoms with van der Waals surface area (Å²) in [6.07, 6.45) is 3.83. The van der Waals surface area contributed by atoms with Gasteiger partial charge in [0.05, 0.1) is 17.8 Å². The first-order valence-corrected chi connectivity index (χ1v) is 8.30. The van der Waals surface area contributed by atoms with Gasteiger partial charge in [-0.25, -0.2) is 13.5 Å². The minimum Gasteiger partial charge on any atom is -0.348 e. The summed E-state index contributed by atoms with van der Waals surface area (Å²) in [5.74, 6) is -2.32. The Bertz CT molecular complexity index is 864. The first-order valence-electron chi connectivity index (χ1n) is 8.30. The summed E-state index contributed by atoms with van der Waals surface area (Å²) in [6.45, 7) is 1.88. The maximum absolute atomic E-state index is 13.7. The molecule has 1 N–H and O–H groups in total. The average Bonchev–Trinajstić information content (AvgIpc) is 2.55. The molecule has 0 unspecified atom stereocenters. The molecule has 1 aliphatic carbocycles. The molecule has 0 radical (unpaired) electrons. The normalized spacial score (nSPS) is 14.7. The van der Waals surface area contributed by atoms with Gasteiger partial charge >= 0.3 is 0 Å². The summed E-state index contributed by atoms with van der Waals surface area (Å²) < 4.78 is 27.9. The lowest BCUT2D eigenvalue weighted by molar-refractivity contribution is 0.0931. The first kappa shape index (κ1) is 17.3. The van der Waals surface area contributed by atoms with Crippen molar-refractivity contribution >= 4 is 5.91 Å². The highest BCUT2D eigenvalue weighted by atomic mass is 19.1. The molecule has 1 heterocycles. The van der Waals surface area contributed by atoms with Crippen molar-refractivity contribution < 1.29 is 13.6 Å². The molecule has 1 aromatic heterocycles. The van der Waals surface area contributed by atoms with Crippen LogP contribution in [-0.4, -0.2) is 21.7 Å². The third-order valence-electron chi connectivity index (χ3n) is 4.27. The Hall–Kier alpha value is -2.57. The van der Waals surface area contributed by atoms with E-state index >= 15 is 0 Å². The number of rotatable bonds is 4. The standard InChI is InChI=1S/C18H19F2N3O2/c1-11(21-18(25)14-7-6-13(19)9-15(14)20)10-23-17(24)8-12-4-2-3-5-16(12)22-23/h6-9,11H,2-5,10H2,1H3,(H,21,25)/t11-/m0/s1. The molecule has 1 aromatic carbocycles. The Labute approximate surface area is 143 Å². The average molecular weight is 347 g/mol. The van der Waals surface area contributed by atoms with Gasteiger partial charge < -0.3 is 5.32 Å². The summed E-state index contributed by atoms with van der Waals surface area (Å²) in [5, 5.41) is 7.00. The number of amides is 1. The fourth-order valence-corrected chi connectivity index (χ4v) is 3.01. The molecule has 0 fully saturated rings. The van der Waals surface area contributed by atoms with Gasteiger partial charge in [0.1, 0.15) is 11.6 Å². The van der Waals surface area contributed by atoms with E-state index in [0.717, 1.165) is 49.1 Å². The molecule has 7 heteroatoms. The number of carbonyl (C=O) groups excluding carboxylic acids is 1. The fourth-order valence-electron chi connectivity index (χ4n) is 3.01. The van der Waals surface area contributed by atoms with E-state index in [-0.39, 0.29) is 17.7 Å². The van der Waals surface area contributed by atoms with E-state index in [9.17, 15) is 18.4 Å². The van der Waals surface area contributed by atoms with Crippen molar-refractivity contribution in [1.82, 2.24) is 15.1 Å². The lowest BCUT2D eigenvalue weighted by Crippen LogP contribution is -2.39. The van der Waals surface area contributed by atoms with E-state index in [0.29, 0.717) is 6.07 Å². The van der Waals surface area contributed by atoms with Crippen LogP contribution in [0.1, 0.15) is 41.4 Å². The van der Waals surface area contributed by atoms with Crippen LogP contribution >= 0.6 is 0 Å². The van der Waals surface area contributed by atoms with Gasteiger partial charge in [-0.3, -0.25) is 9.59 Å². The molecule has 0 aliphatic heterocycles. The predicted octanol–water partition coefficient (Wildman–Crippen LogP) is 2.22. The lowest BCUT2D eigenvalue weighted by atomic mass is 9.97. The molecule has 0 saturated carbocycles. The van der Waals surface area contributed by atoms with E-state index in [1.54, 1.807) is 13.0 Å². The van der Waals surface area contributed by atoms with Crippen LogP contribution in [0.15, 0.2) is 29.1 Å². The van der Waals surface area contributed by atoms with Gasteiger partial charge in [0.25, 0.3) is 11.5 Å². The van der Waals surface area contributed by atoms with Crippen LogP contribution in [-0.2, 0) is 19.4 Å². The monoisotopic (exact) mass is 347 g/mol. The van der Waals surface area contributed by atoms with Gasteiger partial charge in [0.2, 0.25) is 0 Å². The third-order valence-corrected chi connectivity index (χ3v) is 4.27. The second kappa shape index (κ2) is 7.13. The summed E-state index contributed by atoms with van der Waals surface area (Å²) in [6, 6.07) is 3.95. The smallest absolute Gasteiger partial charge is 0.267 e. The number of aromatic nitrogens is 2. The SMILES string of the molecule is C[C@@H](Cn1nc2c(cc1=O)CCCC2)NC(=O)c1ccc(F)cc1F. The highest BCUT2D eigenvalue weighted by Gasteiger charge is 2.17. The van der Waals surface area contributed by atoms with E-state index in [2.05, 4.69) is 10.4 Å². The van der Waals surface area contributed by atoms with E-state index in [1.165, 1.54) is 4.68 Å². The zero-order valence-electron chi connectivity index (χ0n) is 13.9. The summed E-state index contributed by atoms with van der Waals surface area (Å²) >= 11 is 0. The highest BCUT2D eigenvalue weighted by Crippen LogP contribution is 2.17. The van der Waals surface area contributed by atoms with E-state index in [1.807, 2.05) is 0 Å². The number of hydrogen-bond acceptors (Lipinski definition) is 3. The van der Waals surface area contributed by atoms with Crippen molar-refractivity contribution in [2.45, 2.75) is 45.2 Å². The van der Waals surface area contributed by atoms with Crippen molar-refractivity contribution in [2.24, 2.45) is 0 Å². The molecule has 132 valence electrons. The van der Waals surface area contributed by atoms with Crippen LogP contribution in [0.3, 0.4) is 0 Å². The van der Waals surface area contributed by atoms with Crippen LogP contribution in [0.2, 0.25) is 0 Å². The molecule has 25 heavy (non-hydrogen) atoms. The van der Waals surface area contributed by atoms with Gasteiger partial charge in [-0.2, -0.15) is 5.10 Å². The number of carbonyl (C=O) groups is 1. The van der Waals surface area contributed by atoms with Crippen molar-refractivity contribution in [2.75, 3.05) is 0 Å². The number of hydrogen-bond donors (Lipinski definition) is 1. The Morgan fingerprint density at radius 3 is 2.80 bits per heavy atom. The Morgan fingerprint density at radius 1 is 1.28 bits per heavy atom. The number of nitrogens with one attached hydrogen (secondary N) is 1. The summed E-state index contributed by atoms with van der Waals surface area (Å²) in [7, 11) is 0. The third kappa shape index (κ3) is 3.92. The van der Waals surface area contributed by atoms with Crippen LogP contribution in [0.25, 0.3) is 0 Å².